The highest BCUT2D eigenvalue weighted by molar-refractivity contribution is 5.83. The van der Waals surface area contributed by atoms with Crippen LogP contribution in [0.4, 0.5) is 0 Å². The van der Waals surface area contributed by atoms with Crippen molar-refractivity contribution in [2.24, 2.45) is 5.92 Å². The van der Waals surface area contributed by atoms with Crippen molar-refractivity contribution in [3.05, 3.63) is 35.4 Å². The van der Waals surface area contributed by atoms with Crippen LogP contribution in [0.5, 0.6) is 0 Å². The molecule has 172 valence electrons. The number of carbonyl (C=O) groups is 2. The van der Waals surface area contributed by atoms with Gasteiger partial charge in [0.2, 0.25) is 11.8 Å². The molecule has 1 aliphatic heterocycles. The number of aryl methyl sites for hydroxylation is 1. The molecule has 0 bridgehead atoms. The van der Waals surface area contributed by atoms with Crippen molar-refractivity contribution in [1.29, 1.82) is 0 Å². The summed E-state index contributed by atoms with van der Waals surface area (Å²) in [6.07, 6.45) is 8.83. The van der Waals surface area contributed by atoms with E-state index in [0.29, 0.717) is 24.8 Å². The molecule has 5 nitrogen and oxygen atoms in total. The Morgan fingerprint density at radius 3 is 2.26 bits per heavy atom. The first-order valence-electron chi connectivity index (χ1n) is 12.2. The van der Waals surface area contributed by atoms with E-state index in [4.69, 9.17) is 0 Å². The Morgan fingerprint density at radius 2 is 1.61 bits per heavy atom. The zero-order valence-corrected chi connectivity index (χ0v) is 19.8. The summed E-state index contributed by atoms with van der Waals surface area (Å²) in [5.74, 6) is 0.814. The highest BCUT2D eigenvalue weighted by atomic mass is 16.2. The van der Waals surface area contributed by atoms with Crippen LogP contribution in [0.25, 0.3) is 0 Å². The highest BCUT2D eigenvalue weighted by Crippen LogP contribution is 2.27. The lowest BCUT2D eigenvalue weighted by Crippen LogP contribution is -2.45. The standard InChI is InChI=1S/C26H41N3O2/c1-21-8-4-5-9-23(21)16-19-28-17-14-22(15-18-28)20-29(24-10-6-7-11-24)26(31)13-12-25(30)27(2)3/h4-5,8-9,22,24H,6-7,10-20H2,1-3H3. The van der Waals surface area contributed by atoms with E-state index in [1.807, 2.05) is 0 Å². The van der Waals surface area contributed by atoms with E-state index in [2.05, 4.69) is 41.0 Å². The summed E-state index contributed by atoms with van der Waals surface area (Å²) in [6, 6.07) is 9.07. The smallest absolute Gasteiger partial charge is 0.223 e. The Morgan fingerprint density at radius 1 is 0.968 bits per heavy atom. The molecule has 0 spiro atoms. The Labute approximate surface area is 188 Å². The van der Waals surface area contributed by atoms with Crippen molar-refractivity contribution in [3.8, 4) is 0 Å². The van der Waals surface area contributed by atoms with Crippen molar-refractivity contribution in [3.63, 3.8) is 0 Å². The Balaban J connectivity index is 1.47. The Bertz CT molecular complexity index is 719. The second-order valence-electron chi connectivity index (χ2n) is 9.73. The molecule has 1 aromatic carbocycles. The first-order valence-corrected chi connectivity index (χ1v) is 12.2. The molecule has 0 N–H and O–H groups in total. The third-order valence-electron chi connectivity index (χ3n) is 7.26. The van der Waals surface area contributed by atoms with Crippen LogP contribution in [0.15, 0.2) is 24.3 Å². The minimum Gasteiger partial charge on any atom is -0.349 e. The van der Waals surface area contributed by atoms with Crippen molar-refractivity contribution in [2.75, 3.05) is 40.3 Å². The molecule has 0 unspecified atom stereocenters. The predicted molar refractivity (Wildman–Crippen MR) is 126 cm³/mol. The van der Waals surface area contributed by atoms with Crippen LogP contribution >= 0.6 is 0 Å². The van der Waals surface area contributed by atoms with E-state index in [9.17, 15) is 9.59 Å². The fourth-order valence-corrected chi connectivity index (χ4v) is 5.09. The minimum absolute atomic E-state index is 0.0432. The van der Waals surface area contributed by atoms with E-state index < -0.39 is 0 Å². The van der Waals surface area contributed by atoms with Crippen molar-refractivity contribution in [2.45, 2.75) is 70.8 Å². The van der Waals surface area contributed by atoms with Gasteiger partial charge in [-0.15, -0.1) is 0 Å². The molecule has 2 fully saturated rings. The van der Waals surface area contributed by atoms with Gasteiger partial charge in [-0.3, -0.25) is 9.59 Å². The molecule has 1 saturated carbocycles. The molecule has 0 aromatic heterocycles. The topological polar surface area (TPSA) is 43.9 Å². The molecule has 1 saturated heterocycles. The average molecular weight is 428 g/mol. The van der Waals surface area contributed by atoms with Gasteiger partial charge in [0.15, 0.2) is 0 Å². The van der Waals surface area contributed by atoms with E-state index in [-0.39, 0.29) is 11.8 Å². The van der Waals surface area contributed by atoms with Gasteiger partial charge in [-0.05, 0) is 69.2 Å². The predicted octanol–water partition coefficient (Wildman–Crippen LogP) is 3.89. The number of hydrogen-bond acceptors (Lipinski definition) is 3. The molecule has 1 aromatic rings. The summed E-state index contributed by atoms with van der Waals surface area (Å²) in [7, 11) is 3.52. The van der Waals surface area contributed by atoms with E-state index in [1.165, 1.54) is 36.8 Å². The molecular formula is C26H41N3O2. The van der Waals surface area contributed by atoms with Crippen LogP contribution < -0.4 is 0 Å². The van der Waals surface area contributed by atoms with Gasteiger partial charge < -0.3 is 14.7 Å². The number of likely N-dealkylation sites (tertiary alicyclic amines) is 1. The summed E-state index contributed by atoms with van der Waals surface area (Å²) < 4.78 is 0. The number of amides is 2. The fourth-order valence-electron chi connectivity index (χ4n) is 5.09. The van der Waals surface area contributed by atoms with Gasteiger partial charge in [0, 0.05) is 46.1 Å². The van der Waals surface area contributed by atoms with Crippen molar-refractivity contribution >= 4 is 11.8 Å². The lowest BCUT2D eigenvalue weighted by molar-refractivity contribution is -0.138. The third kappa shape index (κ3) is 7.06. The van der Waals surface area contributed by atoms with Crippen LogP contribution in [0.2, 0.25) is 0 Å². The van der Waals surface area contributed by atoms with Crippen LogP contribution in [-0.2, 0) is 16.0 Å². The Hall–Kier alpha value is -1.88. The molecule has 1 aliphatic carbocycles. The van der Waals surface area contributed by atoms with Gasteiger partial charge in [-0.25, -0.2) is 0 Å². The second kappa shape index (κ2) is 11.7. The number of rotatable bonds is 9. The summed E-state index contributed by atoms with van der Waals surface area (Å²) in [5, 5.41) is 0. The number of benzene rings is 1. The largest absolute Gasteiger partial charge is 0.349 e. The van der Waals surface area contributed by atoms with Crippen molar-refractivity contribution in [1.82, 2.24) is 14.7 Å². The number of hydrogen-bond donors (Lipinski definition) is 0. The lowest BCUT2D eigenvalue weighted by atomic mass is 9.94. The summed E-state index contributed by atoms with van der Waals surface area (Å²) >= 11 is 0. The van der Waals surface area contributed by atoms with Crippen LogP contribution in [-0.4, -0.2) is 72.8 Å². The van der Waals surface area contributed by atoms with Crippen LogP contribution in [0.3, 0.4) is 0 Å². The van der Waals surface area contributed by atoms with Gasteiger partial charge >= 0.3 is 0 Å². The minimum atomic E-state index is 0.0432. The zero-order valence-electron chi connectivity index (χ0n) is 19.8. The van der Waals surface area contributed by atoms with Gasteiger partial charge in [0.1, 0.15) is 0 Å². The van der Waals surface area contributed by atoms with Crippen molar-refractivity contribution < 1.29 is 9.59 Å². The highest BCUT2D eigenvalue weighted by Gasteiger charge is 2.30. The molecular weight excluding hydrogens is 386 g/mol. The molecule has 3 rings (SSSR count). The lowest BCUT2D eigenvalue weighted by Gasteiger charge is -2.37. The normalized spacial score (nSPS) is 18.3. The molecule has 1 heterocycles. The second-order valence-corrected chi connectivity index (χ2v) is 9.73. The maximum atomic E-state index is 13.0. The van der Waals surface area contributed by atoms with Gasteiger partial charge in [0.05, 0.1) is 0 Å². The SMILES string of the molecule is Cc1ccccc1CCN1CCC(CN(C(=O)CCC(=O)N(C)C)C2CCCC2)CC1. The molecule has 5 heteroatoms. The first kappa shape index (κ1) is 23.8. The average Bonchev–Trinajstić information content (AvgIpc) is 3.30. The van der Waals surface area contributed by atoms with Gasteiger partial charge in [0.25, 0.3) is 0 Å². The van der Waals surface area contributed by atoms with Gasteiger partial charge in [-0.1, -0.05) is 37.1 Å². The number of piperidine rings is 1. The molecule has 2 amide bonds. The van der Waals surface area contributed by atoms with E-state index >= 15 is 0 Å². The fraction of sp³-hybridized carbons (Fsp3) is 0.692. The van der Waals surface area contributed by atoms with Crippen LogP contribution in [0, 0.1) is 12.8 Å². The van der Waals surface area contributed by atoms with Crippen LogP contribution in [0.1, 0.15) is 62.5 Å². The number of nitrogens with zero attached hydrogens (tertiary/aromatic N) is 3. The third-order valence-corrected chi connectivity index (χ3v) is 7.26. The summed E-state index contributed by atoms with van der Waals surface area (Å²) in [6.45, 7) is 6.45. The molecule has 0 atom stereocenters. The maximum Gasteiger partial charge on any atom is 0.223 e. The Kier molecular flexibility index (Phi) is 8.94. The van der Waals surface area contributed by atoms with Gasteiger partial charge in [-0.2, -0.15) is 0 Å². The summed E-state index contributed by atoms with van der Waals surface area (Å²) in [5.41, 5.74) is 2.84. The zero-order chi connectivity index (χ0) is 22.2. The monoisotopic (exact) mass is 427 g/mol. The molecule has 2 aliphatic rings. The molecule has 0 radical (unpaired) electrons. The van der Waals surface area contributed by atoms with E-state index in [0.717, 1.165) is 45.4 Å². The first-order chi connectivity index (χ1) is 14.9. The van der Waals surface area contributed by atoms with E-state index in [1.54, 1.807) is 19.0 Å². The summed E-state index contributed by atoms with van der Waals surface area (Å²) in [4.78, 5) is 31.3. The maximum absolute atomic E-state index is 13.0. The molecule has 31 heavy (non-hydrogen) atoms. The number of carbonyl (C=O) groups excluding carboxylic acids is 2. The quantitative estimate of drug-likeness (QED) is 0.601.